The van der Waals surface area contributed by atoms with Crippen molar-refractivity contribution in [3.63, 3.8) is 0 Å². The second-order valence-electron chi connectivity index (χ2n) is 11.3. The van der Waals surface area contributed by atoms with Crippen LogP contribution in [0.1, 0.15) is 48.7 Å². The number of phenolic OH excluding ortho intramolecular Hbond substituents is 1. The van der Waals surface area contributed by atoms with E-state index in [-0.39, 0.29) is 35.8 Å². The van der Waals surface area contributed by atoms with Crippen LogP contribution in [0.2, 0.25) is 0 Å². The van der Waals surface area contributed by atoms with E-state index in [0.717, 1.165) is 0 Å². The number of allylic oxidation sites excluding steroid dienone is 1. The summed E-state index contributed by atoms with van der Waals surface area (Å²) in [5.74, 6) is -6.02. The van der Waals surface area contributed by atoms with E-state index in [9.17, 15) is 34.8 Å². The van der Waals surface area contributed by atoms with Gasteiger partial charge in [-0.25, -0.2) is 0 Å². The quantitative estimate of drug-likeness (QED) is 0.274. The molecule has 39 heavy (non-hydrogen) atoms. The molecule has 11 nitrogen and oxygen atoms in total. The van der Waals surface area contributed by atoms with Gasteiger partial charge in [-0.3, -0.25) is 19.3 Å². The topological polar surface area (TPSA) is 183 Å². The fourth-order valence-electron chi connectivity index (χ4n) is 6.25. The number of primary amides is 1. The number of nitrogens with zero attached hydrogens (tertiary/aromatic N) is 1. The van der Waals surface area contributed by atoms with Crippen molar-refractivity contribution in [3.05, 3.63) is 45.4 Å². The molecule has 0 fully saturated rings. The fraction of sp³-hybridized carbons (Fsp3) is 0.536. The summed E-state index contributed by atoms with van der Waals surface area (Å²) in [7, 11) is 4.66. The molecule has 0 saturated heterocycles. The Balaban J connectivity index is 1.87. The van der Waals surface area contributed by atoms with Crippen LogP contribution < -0.4 is 15.8 Å². The summed E-state index contributed by atoms with van der Waals surface area (Å²) in [4.78, 5) is 40.8. The lowest BCUT2D eigenvalue weighted by molar-refractivity contribution is -0.148. The van der Waals surface area contributed by atoms with E-state index in [0.29, 0.717) is 29.3 Å². The Morgan fingerprint density at radius 3 is 2.41 bits per heavy atom. The average molecular weight is 544 g/mol. The molecule has 0 heterocycles. The molecule has 0 saturated carbocycles. The van der Waals surface area contributed by atoms with E-state index < -0.39 is 58.0 Å². The molecule has 212 valence electrons. The zero-order chi connectivity index (χ0) is 29.1. The van der Waals surface area contributed by atoms with Gasteiger partial charge in [-0.05, 0) is 51.8 Å². The van der Waals surface area contributed by atoms with Crippen LogP contribution in [0.5, 0.6) is 11.5 Å². The van der Waals surface area contributed by atoms with Crippen molar-refractivity contribution in [1.29, 1.82) is 0 Å². The molecule has 5 atom stereocenters. The lowest BCUT2D eigenvalue weighted by Crippen LogP contribution is -2.63. The number of methoxy groups -OCH3 is 1. The van der Waals surface area contributed by atoms with E-state index in [1.165, 1.54) is 18.1 Å². The van der Waals surface area contributed by atoms with Crippen molar-refractivity contribution in [2.24, 2.45) is 23.5 Å². The van der Waals surface area contributed by atoms with Gasteiger partial charge < -0.3 is 36.2 Å². The third-order valence-corrected chi connectivity index (χ3v) is 8.57. The Kier molecular flexibility index (Phi) is 7.30. The second kappa shape index (κ2) is 9.96. The minimum atomic E-state index is -2.67. The van der Waals surface area contributed by atoms with E-state index in [4.69, 9.17) is 10.5 Å². The average Bonchev–Trinajstić information content (AvgIpc) is 2.84. The molecular weight excluding hydrogens is 506 g/mol. The SMILES string of the molecule is COc1c(CN[C@H](C)C(C)C)cc(O)c2c1C[C@H]1C[C@H]3[C@H](N(C)C)C(O)=C(C(N)=O)C(=O)[C@@]3(O)C(O)=C1C2=O. The number of Topliss-reactive ketones (excluding diaryl/α,β-unsaturated/α-hetero) is 2. The second-order valence-corrected chi connectivity index (χ2v) is 11.3. The summed E-state index contributed by atoms with van der Waals surface area (Å²) < 4.78 is 5.71. The highest BCUT2D eigenvalue weighted by Crippen LogP contribution is 2.53. The summed E-state index contributed by atoms with van der Waals surface area (Å²) in [5.41, 5.74) is 2.70. The number of aromatic hydroxyl groups is 1. The number of amides is 1. The third-order valence-electron chi connectivity index (χ3n) is 8.57. The Bertz CT molecular complexity index is 1310. The summed E-state index contributed by atoms with van der Waals surface area (Å²) in [6.07, 6.45) is 0.182. The molecule has 1 amide bonds. The molecule has 0 bridgehead atoms. The van der Waals surface area contributed by atoms with E-state index in [1.807, 2.05) is 6.92 Å². The van der Waals surface area contributed by atoms with Crippen molar-refractivity contribution in [1.82, 2.24) is 10.2 Å². The first-order valence-corrected chi connectivity index (χ1v) is 13.0. The Hall–Kier alpha value is -3.41. The number of likely N-dealkylation sites (N-methyl/N-ethyl adjacent to an activating group) is 1. The van der Waals surface area contributed by atoms with Gasteiger partial charge in [0.15, 0.2) is 11.4 Å². The molecular formula is C28H37N3O8. The highest BCUT2D eigenvalue weighted by atomic mass is 16.5. The van der Waals surface area contributed by atoms with E-state index in [1.54, 1.807) is 14.1 Å². The van der Waals surface area contributed by atoms with Gasteiger partial charge in [0, 0.05) is 35.2 Å². The zero-order valence-electron chi connectivity index (χ0n) is 23.0. The Morgan fingerprint density at radius 2 is 1.87 bits per heavy atom. The Labute approximate surface area is 226 Å². The minimum Gasteiger partial charge on any atom is -0.510 e. The number of carbonyl (C=O) groups is 3. The number of carbonyl (C=O) groups excluding carboxylic acids is 3. The van der Waals surface area contributed by atoms with Crippen LogP contribution in [-0.4, -0.2) is 81.7 Å². The molecule has 1 aromatic rings. The fourth-order valence-corrected chi connectivity index (χ4v) is 6.25. The number of nitrogens with two attached hydrogens (primary N) is 1. The largest absolute Gasteiger partial charge is 0.510 e. The first-order chi connectivity index (χ1) is 18.2. The van der Waals surface area contributed by atoms with Crippen molar-refractivity contribution < 1.29 is 39.5 Å². The van der Waals surface area contributed by atoms with Gasteiger partial charge >= 0.3 is 0 Å². The van der Waals surface area contributed by atoms with Crippen molar-refractivity contribution >= 4 is 17.5 Å². The molecule has 3 aliphatic carbocycles. The number of rotatable bonds is 7. The minimum absolute atomic E-state index is 0.0164. The molecule has 0 unspecified atom stereocenters. The molecule has 0 aliphatic heterocycles. The van der Waals surface area contributed by atoms with Gasteiger partial charge in [-0.1, -0.05) is 13.8 Å². The van der Waals surface area contributed by atoms with Crippen molar-refractivity contribution in [2.45, 2.75) is 57.8 Å². The predicted molar refractivity (Wildman–Crippen MR) is 141 cm³/mol. The maximum Gasteiger partial charge on any atom is 0.255 e. The van der Waals surface area contributed by atoms with Gasteiger partial charge in [-0.2, -0.15) is 0 Å². The molecule has 3 aliphatic rings. The molecule has 1 aromatic carbocycles. The smallest absolute Gasteiger partial charge is 0.255 e. The van der Waals surface area contributed by atoms with Crippen molar-refractivity contribution in [2.75, 3.05) is 21.2 Å². The Morgan fingerprint density at radius 1 is 1.23 bits per heavy atom. The van der Waals surface area contributed by atoms with Crippen LogP contribution >= 0.6 is 0 Å². The number of benzene rings is 1. The summed E-state index contributed by atoms with van der Waals surface area (Å²) in [5, 5.41) is 48.3. The van der Waals surface area contributed by atoms with Gasteiger partial charge in [0.25, 0.3) is 5.91 Å². The molecule has 0 spiro atoms. The molecule has 11 heteroatoms. The van der Waals surface area contributed by atoms with Crippen LogP contribution in [0.4, 0.5) is 0 Å². The van der Waals surface area contributed by atoms with E-state index in [2.05, 4.69) is 19.2 Å². The third kappa shape index (κ3) is 4.19. The highest BCUT2D eigenvalue weighted by molar-refractivity contribution is 6.24. The van der Waals surface area contributed by atoms with Gasteiger partial charge in [0.05, 0.1) is 18.7 Å². The number of aliphatic hydroxyl groups is 3. The molecule has 7 N–H and O–H groups in total. The van der Waals surface area contributed by atoms with Gasteiger partial charge in [0.1, 0.15) is 28.6 Å². The number of fused-ring (bicyclic) bond motifs is 3. The predicted octanol–water partition coefficient (Wildman–Crippen LogP) is 1.26. The maximum atomic E-state index is 13.8. The van der Waals surface area contributed by atoms with Crippen LogP contribution in [0.15, 0.2) is 28.7 Å². The lowest BCUT2D eigenvalue weighted by Gasteiger charge is -2.50. The first-order valence-electron chi connectivity index (χ1n) is 13.0. The molecule has 4 rings (SSSR count). The van der Waals surface area contributed by atoms with Crippen LogP contribution in [0, 0.1) is 17.8 Å². The van der Waals surface area contributed by atoms with Crippen LogP contribution in [0.3, 0.4) is 0 Å². The zero-order valence-corrected chi connectivity index (χ0v) is 23.0. The maximum absolute atomic E-state index is 13.8. The van der Waals surface area contributed by atoms with Crippen molar-refractivity contribution in [3.8, 4) is 11.5 Å². The summed E-state index contributed by atoms with van der Waals surface area (Å²) >= 11 is 0. The summed E-state index contributed by atoms with van der Waals surface area (Å²) in [6.45, 7) is 6.59. The molecule has 0 aromatic heterocycles. The van der Waals surface area contributed by atoms with Crippen LogP contribution in [0.25, 0.3) is 0 Å². The van der Waals surface area contributed by atoms with E-state index >= 15 is 0 Å². The monoisotopic (exact) mass is 543 g/mol. The highest BCUT2D eigenvalue weighted by Gasteiger charge is 2.63. The van der Waals surface area contributed by atoms with Gasteiger partial charge in [0.2, 0.25) is 5.78 Å². The standard InChI is InChI=1S/C28H37N3O8/c1-11(2)12(3)30-10-14-9-17(32)19-15(24(14)39-6)7-13-8-16-21(31(4)5)23(34)20(27(29)37)26(36)28(16,38)25(35)18(13)22(19)33/h9,11-13,16,21,30,32,34-35,38H,7-8,10H2,1-6H3,(H2,29,37)/t12-,13+,16+,21+,28+/m1/s1. The summed E-state index contributed by atoms with van der Waals surface area (Å²) in [6, 6.07) is 0.571. The number of phenols is 1. The number of hydrogen-bond acceptors (Lipinski definition) is 10. The number of hydrogen-bond donors (Lipinski definition) is 6. The van der Waals surface area contributed by atoms with Gasteiger partial charge in [-0.15, -0.1) is 0 Å². The van der Waals surface area contributed by atoms with Crippen LogP contribution in [-0.2, 0) is 22.6 Å². The lowest BCUT2D eigenvalue weighted by atomic mass is 9.58. The number of aliphatic hydroxyl groups excluding tert-OH is 2. The number of ketones is 2. The first kappa shape index (κ1) is 28.6. The number of nitrogens with one attached hydrogen (secondary N) is 1. The normalized spacial score (nSPS) is 27.5. The number of ether oxygens (including phenoxy) is 1. The molecule has 0 radical (unpaired) electrons.